The molecule has 0 spiro atoms. The maximum absolute atomic E-state index is 15.3. The molecule has 4 aromatic rings. The monoisotopic (exact) mass is 424 g/mol. The van der Waals surface area contributed by atoms with E-state index in [0.717, 1.165) is 23.8 Å². The molecule has 0 heterocycles. The van der Waals surface area contributed by atoms with E-state index >= 15 is 4.39 Å². The number of allylic oxidation sites excluding steroid dienone is 1. The Hall–Kier alpha value is -3.47. The molecule has 5 heteroatoms. The maximum atomic E-state index is 15.3. The van der Waals surface area contributed by atoms with E-state index in [2.05, 4.69) is 6.58 Å². The highest BCUT2D eigenvalue weighted by atomic mass is 19.2. The third kappa shape index (κ3) is 3.83. The fourth-order valence-electron chi connectivity index (χ4n) is 3.63. The Balaban J connectivity index is 1.79. The van der Waals surface area contributed by atoms with Crippen LogP contribution in [0.15, 0.2) is 73.3 Å². The van der Waals surface area contributed by atoms with Crippen molar-refractivity contribution in [1.29, 1.82) is 0 Å². The highest BCUT2D eigenvalue weighted by molar-refractivity contribution is 5.89. The third-order valence-corrected chi connectivity index (χ3v) is 5.24. The average Bonchev–Trinajstić information content (AvgIpc) is 2.79. The molecule has 0 bridgehead atoms. The number of rotatable bonds is 5. The first-order chi connectivity index (χ1) is 14.9. The van der Waals surface area contributed by atoms with Crippen molar-refractivity contribution in [2.24, 2.45) is 0 Å². The van der Waals surface area contributed by atoms with Gasteiger partial charge in [-0.2, -0.15) is 0 Å². The van der Waals surface area contributed by atoms with E-state index in [9.17, 15) is 17.6 Å². The second-order valence-electron chi connectivity index (χ2n) is 7.24. The van der Waals surface area contributed by atoms with Crippen LogP contribution in [-0.2, 0) is 6.42 Å². The summed E-state index contributed by atoms with van der Waals surface area (Å²) in [5, 5.41) is 1.17. The van der Waals surface area contributed by atoms with Crippen molar-refractivity contribution in [2.45, 2.75) is 12.8 Å². The molecule has 31 heavy (non-hydrogen) atoms. The van der Waals surface area contributed by atoms with Gasteiger partial charge in [0, 0.05) is 16.5 Å². The van der Waals surface area contributed by atoms with Crippen molar-refractivity contribution in [3.8, 4) is 22.3 Å². The molecular weight excluding hydrogens is 407 g/mol. The molecule has 0 nitrogen and oxygen atoms in total. The molecule has 0 aliphatic rings. The minimum absolute atomic E-state index is 0.104. The Bertz CT molecular complexity index is 1310. The molecule has 0 N–H and O–H groups in total. The quantitative estimate of drug-likeness (QED) is 0.132. The van der Waals surface area contributed by atoms with E-state index in [1.807, 2.05) is 18.2 Å². The van der Waals surface area contributed by atoms with Crippen LogP contribution in [0.3, 0.4) is 0 Å². The molecule has 0 unspecified atom stereocenters. The van der Waals surface area contributed by atoms with Gasteiger partial charge >= 0.3 is 0 Å². The Labute approximate surface area is 176 Å². The van der Waals surface area contributed by atoms with Crippen molar-refractivity contribution in [3.05, 3.63) is 108 Å². The summed E-state index contributed by atoms with van der Waals surface area (Å²) in [6, 6.07) is 15.4. The summed E-state index contributed by atoms with van der Waals surface area (Å²) in [5.74, 6) is -7.21. The molecule has 0 saturated heterocycles. The molecular formula is C26H17F5. The Morgan fingerprint density at radius 3 is 2.16 bits per heavy atom. The van der Waals surface area contributed by atoms with Gasteiger partial charge in [0.2, 0.25) is 0 Å². The first-order valence-corrected chi connectivity index (χ1v) is 9.66. The zero-order chi connectivity index (χ0) is 22.1. The van der Waals surface area contributed by atoms with E-state index in [1.54, 1.807) is 24.3 Å². The minimum Gasteiger partial charge on any atom is -0.206 e. The lowest BCUT2D eigenvalue weighted by Crippen LogP contribution is -1.98. The summed E-state index contributed by atoms with van der Waals surface area (Å²) in [4.78, 5) is 0. The SMILES string of the molecule is C=CCCc1ccc2c(F)c(-c3cccc(-c4cc(F)c(F)c(F)c4F)c3)ccc2c1. The summed E-state index contributed by atoms with van der Waals surface area (Å²) in [7, 11) is 0. The highest BCUT2D eigenvalue weighted by Crippen LogP contribution is 2.34. The summed E-state index contributed by atoms with van der Waals surface area (Å²) in [6.07, 6.45) is 3.45. The molecule has 0 radical (unpaired) electrons. The number of aryl methyl sites for hydroxylation is 1. The number of benzene rings is 4. The van der Waals surface area contributed by atoms with Crippen LogP contribution >= 0.6 is 0 Å². The van der Waals surface area contributed by atoms with E-state index in [0.29, 0.717) is 17.0 Å². The second-order valence-corrected chi connectivity index (χ2v) is 7.24. The van der Waals surface area contributed by atoms with Crippen molar-refractivity contribution in [1.82, 2.24) is 0 Å². The van der Waals surface area contributed by atoms with Gasteiger partial charge in [-0.15, -0.1) is 6.58 Å². The van der Waals surface area contributed by atoms with E-state index < -0.39 is 34.6 Å². The van der Waals surface area contributed by atoms with Gasteiger partial charge < -0.3 is 0 Å². The average molecular weight is 424 g/mol. The molecule has 0 amide bonds. The predicted octanol–water partition coefficient (Wildman–Crippen LogP) is 7.99. The molecule has 0 aliphatic heterocycles. The van der Waals surface area contributed by atoms with Crippen LogP contribution in [0.2, 0.25) is 0 Å². The Morgan fingerprint density at radius 2 is 1.42 bits per heavy atom. The van der Waals surface area contributed by atoms with Crippen LogP contribution in [0.1, 0.15) is 12.0 Å². The number of hydrogen-bond acceptors (Lipinski definition) is 0. The van der Waals surface area contributed by atoms with E-state index in [-0.39, 0.29) is 11.1 Å². The summed E-state index contributed by atoms with van der Waals surface area (Å²) < 4.78 is 70.1. The lowest BCUT2D eigenvalue weighted by molar-refractivity contribution is 0.411. The number of fused-ring (bicyclic) bond motifs is 1. The standard InChI is InChI=1S/C26H17F5/c1-2-3-5-15-8-10-19-18(12-15)9-11-20(23(19)28)16-6-4-7-17(13-16)21-14-22(27)25(30)26(31)24(21)29/h2,4,6-14H,1,3,5H2. The first kappa shape index (κ1) is 20.8. The Kier molecular flexibility index (Phi) is 5.59. The van der Waals surface area contributed by atoms with Crippen LogP contribution < -0.4 is 0 Å². The van der Waals surface area contributed by atoms with Gasteiger partial charge in [0.1, 0.15) is 5.82 Å². The molecule has 0 aromatic heterocycles. The molecule has 0 fully saturated rings. The molecule has 0 atom stereocenters. The minimum atomic E-state index is -1.88. The summed E-state index contributed by atoms with van der Waals surface area (Å²) >= 11 is 0. The van der Waals surface area contributed by atoms with E-state index in [1.165, 1.54) is 18.2 Å². The maximum Gasteiger partial charge on any atom is 0.198 e. The largest absolute Gasteiger partial charge is 0.206 e. The zero-order valence-corrected chi connectivity index (χ0v) is 16.4. The molecule has 0 saturated carbocycles. The predicted molar refractivity (Wildman–Crippen MR) is 113 cm³/mol. The summed E-state index contributed by atoms with van der Waals surface area (Å²) in [5.41, 5.74) is 1.39. The number of halogens is 5. The van der Waals surface area contributed by atoms with Gasteiger partial charge in [-0.05, 0) is 47.1 Å². The van der Waals surface area contributed by atoms with Crippen LogP contribution in [0, 0.1) is 29.1 Å². The Morgan fingerprint density at radius 1 is 0.677 bits per heavy atom. The summed E-state index contributed by atoms with van der Waals surface area (Å²) in [6.45, 7) is 3.70. The highest BCUT2D eigenvalue weighted by Gasteiger charge is 2.20. The van der Waals surface area contributed by atoms with Crippen molar-refractivity contribution >= 4 is 10.8 Å². The van der Waals surface area contributed by atoms with Crippen molar-refractivity contribution < 1.29 is 22.0 Å². The van der Waals surface area contributed by atoms with Crippen LogP contribution in [0.4, 0.5) is 22.0 Å². The number of hydrogen-bond donors (Lipinski definition) is 0. The third-order valence-electron chi connectivity index (χ3n) is 5.24. The van der Waals surface area contributed by atoms with Gasteiger partial charge in [0.05, 0.1) is 0 Å². The molecule has 4 aromatic carbocycles. The topological polar surface area (TPSA) is 0 Å². The molecule has 4 rings (SSSR count). The second kappa shape index (κ2) is 8.34. The van der Waals surface area contributed by atoms with E-state index in [4.69, 9.17) is 0 Å². The van der Waals surface area contributed by atoms with Crippen LogP contribution in [0.25, 0.3) is 33.0 Å². The molecule has 0 aliphatic carbocycles. The smallest absolute Gasteiger partial charge is 0.198 e. The van der Waals surface area contributed by atoms with Crippen molar-refractivity contribution in [2.75, 3.05) is 0 Å². The first-order valence-electron chi connectivity index (χ1n) is 9.66. The molecule has 156 valence electrons. The normalized spacial score (nSPS) is 11.1. The fraction of sp³-hybridized carbons (Fsp3) is 0.0769. The van der Waals surface area contributed by atoms with Crippen LogP contribution in [-0.4, -0.2) is 0 Å². The zero-order valence-electron chi connectivity index (χ0n) is 16.4. The van der Waals surface area contributed by atoms with Gasteiger partial charge in [-0.25, -0.2) is 22.0 Å². The lowest BCUT2D eigenvalue weighted by atomic mass is 9.95. The van der Waals surface area contributed by atoms with Gasteiger partial charge in [-0.3, -0.25) is 0 Å². The fourth-order valence-corrected chi connectivity index (χ4v) is 3.63. The van der Waals surface area contributed by atoms with Gasteiger partial charge in [0.15, 0.2) is 23.3 Å². The van der Waals surface area contributed by atoms with Crippen LogP contribution in [0.5, 0.6) is 0 Å². The van der Waals surface area contributed by atoms with Gasteiger partial charge in [-0.1, -0.05) is 54.6 Å². The van der Waals surface area contributed by atoms with Gasteiger partial charge in [0.25, 0.3) is 0 Å². The lowest BCUT2D eigenvalue weighted by Gasteiger charge is -2.11. The van der Waals surface area contributed by atoms with Crippen molar-refractivity contribution in [3.63, 3.8) is 0 Å².